The summed E-state index contributed by atoms with van der Waals surface area (Å²) >= 11 is 0. The zero-order chi connectivity index (χ0) is 15.7. The molecule has 118 valence electrons. The lowest BCUT2D eigenvalue weighted by molar-refractivity contribution is -0.0546. The Hall–Kier alpha value is -1.02. The molecular weight excluding hydrogens is 258 g/mol. The van der Waals surface area contributed by atoms with Gasteiger partial charge in [-0.2, -0.15) is 0 Å². The Morgan fingerprint density at radius 2 is 1.81 bits per heavy atom. The maximum absolute atomic E-state index is 6.20. The van der Waals surface area contributed by atoms with Crippen molar-refractivity contribution in [3.8, 4) is 5.75 Å². The number of ether oxygens (including phenoxy) is 1. The van der Waals surface area contributed by atoms with Crippen molar-refractivity contribution in [2.24, 2.45) is 5.41 Å². The molecule has 0 saturated heterocycles. The number of nitrogens with one attached hydrogen (secondary N) is 1. The van der Waals surface area contributed by atoms with Crippen molar-refractivity contribution in [1.29, 1.82) is 0 Å². The van der Waals surface area contributed by atoms with Gasteiger partial charge in [-0.15, -0.1) is 0 Å². The molecule has 0 aromatic heterocycles. The Kier molecular flexibility index (Phi) is 4.67. The van der Waals surface area contributed by atoms with E-state index in [1.165, 1.54) is 12.0 Å². The molecule has 2 rings (SSSR count). The summed E-state index contributed by atoms with van der Waals surface area (Å²) in [5, 5.41) is 3.62. The van der Waals surface area contributed by atoms with E-state index in [0.717, 1.165) is 18.7 Å². The first-order valence-corrected chi connectivity index (χ1v) is 8.25. The summed E-state index contributed by atoms with van der Waals surface area (Å²) in [6.45, 7) is 14.6. The summed E-state index contributed by atoms with van der Waals surface area (Å²) < 4.78 is 6.20. The third kappa shape index (κ3) is 3.60. The summed E-state index contributed by atoms with van der Waals surface area (Å²) in [6, 6.07) is 9.19. The largest absolute Gasteiger partial charge is 0.490 e. The molecule has 0 aliphatic heterocycles. The van der Waals surface area contributed by atoms with Crippen LogP contribution in [-0.4, -0.2) is 18.7 Å². The van der Waals surface area contributed by atoms with Crippen molar-refractivity contribution in [3.05, 3.63) is 29.8 Å². The van der Waals surface area contributed by atoms with E-state index in [9.17, 15) is 0 Å². The summed E-state index contributed by atoms with van der Waals surface area (Å²) in [5.41, 5.74) is 1.76. The molecule has 1 fully saturated rings. The van der Waals surface area contributed by atoms with Crippen molar-refractivity contribution in [1.82, 2.24) is 5.32 Å². The number of benzene rings is 1. The first kappa shape index (κ1) is 16.4. The highest BCUT2D eigenvalue weighted by Gasteiger charge is 2.49. The highest BCUT2D eigenvalue weighted by atomic mass is 16.5. The SMILES string of the molecule is CCCNC1CC(Oc2ccc(C(C)(C)C)cc2)C1(C)C. The van der Waals surface area contributed by atoms with Gasteiger partial charge in [0, 0.05) is 17.9 Å². The first-order valence-electron chi connectivity index (χ1n) is 8.25. The fourth-order valence-electron chi connectivity index (χ4n) is 2.95. The van der Waals surface area contributed by atoms with Crippen LogP contribution in [0.25, 0.3) is 0 Å². The van der Waals surface area contributed by atoms with E-state index >= 15 is 0 Å². The van der Waals surface area contributed by atoms with Gasteiger partial charge in [0.15, 0.2) is 0 Å². The highest BCUT2D eigenvalue weighted by Crippen LogP contribution is 2.43. The maximum atomic E-state index is 6.20. The summed E-state index contributed by atoms with van der Waals surface area (Å²) in [4.78, 5) is 0. The van der Waals surface area contributed by atoms with Crippen LogP contribution >= 0.6 is 0 Å². The fraction of sp³-hybridized carbons (Fsp3) is 0.684. The number of hydrogen-bond acceptors (Lipinski definition) is 2. The van der Waals surface area contributed by atoms with Crippen LogP contribution in [0.3, 0.4) is 0 Å². The molecule has 2 heteroatoms. The van der Waals surface area contributed by atoms with Gasteiger partial charge in [-0.1, -0.05) is 53.7 Å². The van der Waals surface area contributed by atoms with Crippen molar-refractivity contribution < 1.29 is 4.74 Å². The molecule has 0 bridgehead atoms. The fourth-order valence-corrected chi connectivity index (χ4v) is 2.95. The highest BCUT2D eigenvalue weighted by molar-refractivity contribution is 5.31. The molecule has 0 spiro atoms. The van der Waals surface area contributed by atoms with Crippen molar-refractivity contribution >= 4 is 0 Å². The Bertz CT molecular complexity index is 455. The second kappa shape index (κ2) is 6.00. The predicted octanol–water partition coefficient (Wildman–Crippen LogP) is 4.53. The Balaban J connectivity index is 1.94. The van der Waals surface area contributed by atoms with Gasteiger partial charge in [-0.05, 0) is 36.1 Å². The van der Waals surface area contributed by atoms with Gasteiger partial charge >= 0.3 is 0 Å². The Labute approximate surface area is 130 Å². The van der Waals surface area contributed by atoms with Gasteiger partial charge in [-0.3, -0.25) is 0 Å². The van der Waals surface area contributed by atoms with Crippen LogP contribution in [0.5, 0.6) is 5.75 Å². The first-order chi connectivity index (χ1) is 9.75. The molecule has 0 amide bonds. The van der Waals surface area contributed by atoms with Crippen LogP contribution in [-0.2, 0) is 5.41 Å². The monoisotopic (exact) mass is 289 g/mol. The minimum absolute atomic E-state index is 0.198. The average Bonchev–Trinajstić information content (AvgIpc) is 2.41. The van der Waals surface area contributed by atoms with Crippen LogP contribution in [0.15, 0.2) is 24.3 Å². The predicted molar refractivity (Wildman–Crippen MR) is 90.0 cm³/mol. The van der Waals surface area contributed by atoms with Crippen molar-refractivity contribution in [3.63, 3.8) is 0 Å². The molecule has 1 aliphatic carbocycles. The molecule has 0 heterocycles. The van der Waals surface area contributed by atoms with Crippen LogP contribution in [0.4, 0.5) is 0 Å². The smallest absolute Gasteiger partial charge is 0.119 e. The van der Waals surface area contributed by atoms with Gasteiger partial charge in [0.05, 0.1) is 0 Å². The van der Waals surface area contributed by atoms with Gasteiger partial charge in [0.2, 0.25) is 0 Å². The van der Waals surface area contributed by atoms with E-state index in [0.29, 0.717) is 12.1 Å². The van der Waals surface area contributed by atoms with E-state index in [-0.39, 0.29) is 10.8 Å². The van der Waals surface area contributed by atoms with Crippen molar-refractivity contribution in [2.75, 3.05) is 6.54 Å². The lowest BCUT2D eigenvalue weighted by Crippen LogP contribution is -2.62. The standard InChI is InChI=1S/C19H31NO/c1-7-12-20-16-13-17(19(16,5)6)21-15-10-8-14(9-11-15)18(2,3)4/h8-11,16-17,20H,7,12-13H2,1-6H3. The molecular formula is C19H31NO. The Morgan fingerprint density at radius 1 is 1.19 bits per heavy atom. The van der Waals surface area contributed by atoms with Crippen LogP contribution < -0.4 is 10.1 Å². The molecule has 21 heavy (non-hydrogen) atoms. The van der Waals surface area contributed by atoms with E-state index in [1.54, 1.807) is 0 Å². The topological polar surface area (TPSA) is 21.3 Å². The average molecular weight is 289 g/mol. The van der Waals surface area contributed by atoms with Crippen LogP contribution in [0.2, 0.25) is 0 Å². The zero-order valence-electron chi connectivity index (χ0n) is 14.5. The molecule has 2 atom stereocenters. The summed E-state index contributed by atoms with van der Waals surface area (Å²) in [5.74, 6) is 0.995. The Morgan fingerprint density at radius 3 is 2.29 bits per heavy atom. The molecule has 1 saturated carbocycles. The van der Waals surface area contributed by atoms with Gasteiger partial charge in [0.1, 0.15) is 11.9 Å². The maximum Gasteiger partial charge on any atom is 0.119 e. The second-order valence-electron chi connectivity index (χ2n) is 7.94. The minimum Gasteiger partial charge on any atom is -0.490 e. The molecule has 2 nitrogen and oxygen atoms in total. The molecule has 1 aliphatic rings. The zero-order valence-corrected chi connectivity index (χ0v) is 14.5. The molecule has 1 aromatic carbocycles. The van der Waals surface area contributed by atoms with Crippen LogP contribution in [0, 0.1) is 5.41 Å². The van der Waals surface area contributed by atoms with Crippen LogP contribution in [0.1, 0.15) is 59.9 Å². The number of hydrogen-bond donors (Lipinski definition) is 1. The minimum atomic E-state index is 0.198. The van der Waals surface area contributed by atoms with E-state index in [2.05, 4.69) is 71.1 Å². The normalized spacial score (nSPS) is 24.5. The molecule has 1 aromatic rings. The lowest BCUT2D eigenvalue weighted by Gasteiger charge is -2.51. The van der Waals surface area contributed by atoms with Gasteiger partial charge in [0.25, 0.3) is 0 Å². The lowest BCUT2D eigenvalue weighted by atomic mass is 9.64. The molecule has 1 N–H and O–H groups in total. The van der Waals surface area contributed by atoms with Gasteiger partial charge in [-0.25, -0.2) is 0 Å². The summed E-state index contributed by atoms with van der Waals surface area (Å²) in [6.07, 6.45) is 2.60. The second-order valence-corrected chi connectivity index (χ2v) is 7.94. The molecule has 2 unspecified atom stereocenters. The number of rotatable bonds is 5. The third-order valence-corrected chi connectivity index (χ3v) is 4.82. The quantitative estimate of drug-likeness (QED) is 0.860. The third-order valence-electron chi connectivity index (χ3n) is 4.82. The van der Waals surface area contributed by atoms with Crippen molar-refractivity contribution in [2.45, 2.75) is 71.9 Å². The van der Waals surface area contributed by atoms with Gasteiger partial charge < -0.3 is 10.1 Å². The summed E-state index contributed by atoms with van der Waals surface area (Å²) in [7, 11) is 0. The molecule has 0 radical (unpaired) electrons. The van der Waals surface area contributed by atoms with E-state index in [4.69, 9.17) is 4.74 Å². The van der Waals surface area contributed by atoms with E-state index in [1.807, 2.05) is 0 Å². The van der Waals surface area contributed by atoms with E-state index < -0.39 is 0 Å².